The van der Waals surface area contributed by atoms with Crippen LogP contribution in [0, 0.1) is 13.8 Å². The maximum Gasteiger partial charge on any atom is 0.255 e. The summed E-state index contributed by atoms with van der Waals surface area (Å²) in [7, 11) is 0. The predicted molar refractivity (Wildman–Crippen MR) is 98.6 cm³/mol. The van der Waals surface area contributed by atoms with Gasteiger partial charge in [-0.3, -0.25) is 9.59 Å². The number of carbonyl (C=O) groups excluding carboxylic acids is 2. The van der Waals surface area contributed by atoms with E-state index in [0.29, 0.717) is 24.4 Å². The largest absolute Gasteiger partial charge is 0.469 e. The minimum Gasteiger partial charge on any atom is -0.469 e. The van der Waals surface area contributed by atoms with Gasteiger partial charge in [-0.1, -0.05) is 29.8 Å². The first kappa shape index (κ1) is 18.2. The number of nitrogens with two attached hydrogens (primary N) is 1. The van der Waals surface area contributed by atoms with Crippen LogP contribution in [-0.4, -0.2) is 35.8 Å². The smallest absolute Gasteiger partial charge is 0.255 e. The number of nitrogens with one attached hydrogen (secondary N) is 1. The van der Waals surface area contributed by atoms with Crippen molar-refractivity contribution in [3.63, 3.8) is 0 Å². The third-order valence-electron chi connectivity index (χ3n) is 4.95. The van der Waals surface area contributed by atoms with Gasteiger partial charge < -0.3 is 20.4 Å². The van der Waals surface area contributed by atoms with Gasteiger partial charge >= 0.3 is 0 Å². The van der Waals surface area contributed by atoms with Crippen LogP contribution in [0.25, 0.3) is 0 Å². The Morgan fingerprint density at radius 1 is 1.15 bits per heavy atom. The van der Waals surface area contributed by atoms with Gasteiger partial charge in [-0.15, -0.1) is 0 Å². The van der Waals surface area contributed by atoms with Crippen molar-refractivity contribution in [3.05, 3.63) is 59.0 Å². The Morgan fingerprint density at radius 2 is 1.81 bits per heavy atom. The second-order valence-electron chi connectivity index (χ2n) is 6.85. The van der Waals surface area contributed by atoms with Crippen molar-refractivity contribution in [1.82, 2.24) is 10.2 Å². The van der Waals surface area contributed by atoms with Crippen LogP contribution in [-0.2, 0) is 4.79 Å². The molecular formula is C20H25N3O3. The van der Waals surface area contributed by atoms with Crippen molar-refractivity contribution in [2.24, 2.45) is 5.73 Å². The lowest BCUT2D eigenvalue weighted by Gasteiger charge is -2.34. The molecule has 26 heavy (non-hydrogen) atoms. The van der Waals surface area contributed by atoms with Crippen LogP contribution in [0.2, 0.25) is 0 Å². The zero-order chi connectivity index (χ0) is 18.7. The molecular weight excluding hydrogens is 330 g/mol. The molecule has 0 radical (unpaired) electrons. The molecule has 2 amide bonds. The highest BCUT2D eigenvalue weighted by atomic mass is 16.3. The van der Waals surface area contributed by atoms with Gasteiger partial charge in [-0.05, 0) is 38.3 Å². The van der Waals surface area contributed by atoms with E-state index in [2.05, 4.69) is 5.32 Å². The number of hydrogen-bond acceptors (Lipinski definition) is 4. The third kappa shape index (κ3) is 3.96. The Hall–Kier alpha value is -2.60. The molecule has 138 valence electrons. The molecule has 0 saturated carbocycles. The number of benzene rings is 1. The number of rotatable bonds is 4. The number of furan rings is 1. The van der Waals surface area contributed by atoms with Gasteiger partial charge in [-0.2, -0.15) is 0 Å². The molecule has 1 atom stereocenters. The van der Waals surface area contributed by atoms with E-state index in [1.165, 1.54) is 6.26 Å². The number of likely N-dealkylation sites (tertiary alicyclic amines) is 1. The summed E-state index contributed by atoms with van der Waals surface area (Å²) in [6.07, 6.45) is 2.95. The monoisotopic (exact) mass is 355 g/mol. The van der Waals surface area contributed by atoms with Crippen LogP contribution in [0.4, 0.5) is 0 Å². The summed E-state index contributed by atoms with van der Waals surface area (Å²) in [6, 6.07) is 8.80. The van der Waals surface area contributed by atoms with Crippen molar-refractivity contribution in [3.8, 4) is 0 Å². The van der Waals surface area contributed by atoms with E-state index in [9.17, 15) is 9.59 Å². The lowest BCUT2D eigenvalue weighted by molar-refractivity contribution is -0.133. The Balaban J connectivity index is 1.53. The lowest BCUT2D eigenvalue weighted by atomic mass is 10.0. The maximum absolute atomic E-state index is 12.6. The molecule has 1 aliphatic heterocycles. The van der Waals surface area contributed by atoms with Crippen LogP contribution in [0.15, 0.2) is 41.0 Å². The van der Waals surface area contributed by atoms with E-state index in [1.54, 1.807) is 17.9 Å². The highest BCUT2D eigenvalue weighted by molar-refractivity contribution is 5.95. The first-order valence-electron chi connectivity index (χ1n) is 8.91. The number of amides is 2. The average molecular weight is 355 g/mol. The highest BCUT2D eigenvalue weighted by Gasteiger charge is 2.28. The Kier molecular flexibility index (Phi) is 5.42. The molecule has 1 aromatic heterocycles. The molecule has 1 saturated heterocycles. The second-order valence-corrected chi connectivity index (χ2v) is 6.85. The van der Waals surface area contributed by atoms with Crippen molar-refractivity contribution in [2.45, 2.75) is 38.8 Å². The standard InChI is InChI=1S/C20H25N3O3/c1-13-3-5-15(6-4-13)18(21)20(25)23-10-7-16(8-11-23)22-19(24)17-9-12-26-14(17)2/h3-6,9,12,16,18H,7-8,10-11,21H2,1-2H3,(H,22,24). The molecule has 3 N–H and O–H groups in total. The van der Waals surface area contributed by atoms with Crippen LogP contribution in [0.1, 0.15) is 46.1 Å². The number of hydrogen-bond donors (Lipinski definition) is 2. The number of nitrogens with zero attached hydrogens (tertiary/aromatic N) is 1. The Bertz CT molecular complexity index is 774. The minimum absolute atomic E-state index is 0.0523. The van der Waals surface area contributed by atoms with Gasteiger partial charge in [0.2, 0.25) is 5.91 Å². The van der Waals surface area contributed by atoms with E-state index in [-0.39, 0.29) is 17.9 Å². The van der Waals surface area contributed by atoms with E-state index < -0.39 is 6.04 Å². The molecule has 6 heteroatoms. The van der Waals surface area contributed by atoms with Crippen molar-refractivity contribution < 1.29 is 14.0 Å². The quantitative estimate of drug-likeness (QED) is 0.881. The predicted octanol–water partition coefficient (Wildman–Crippen LogP) is 2.32. The molecule has 0 bridgehead atoms. The summed E-state index contributed by atoms with van der Waals surface area (Å²) in [5.41, 5.74) is 8.67. The van der Waals surface area contributed by atoms with Crippen LogP contribution in [0.5, 0.6) is 0 Å². The molecule has 6 nitrogen and oxygen atoms in total. The van der Waals surface area contributed by atoms with E-state index in [4.69, 9.17) is 10.2 Å². The third-order valence-corrected chi connectivity index (χ3v) is 4.95. The maximum atomic E-state index is 12.6. The summed E-state index contributed by atoms with van der Waals surface area (Å²) in [5, 5.41) is 3.02. The first-order valence-corrected chi connectivity index (χ1v) is 8.91. The second kappa shape index (κ2) is 7.74. The summed E-state index contributed by atoms with van der Waals surface area (Å²) in [6.45, 7) is 4.95. The first-order chi connectivity index (χ1) is 12.5. The van der Waals surface area contributed by atoms with Gasteiger partial charge in [0, 0.05) is 19.1 Å². The Labute approximate surface area is 153 Å². The SMILES string of the molecule is Cc1ccc(C(N)C(=O)N2CCC(NC(=O)c3ccoc3C)CC2)cc1. The molecule has 3 rings (SSSR count). The highest BCUT2D eigenvalue weighted by Crippen LogP contribution is 2.19. The van der Waals surface area contributed by atoms with Gasteiger partial charge in [0.15, 0.2) is 0 Å². The van der Waals surface area contributed by atoms with Gasteiger partial charge in [-0.25, -0.2) is 0 Å². The van der Waals surface area contributed by atoms with Crippen LogP contribution < -0.4 is 11.1 Å². The fourth-order valence-electron chi connectivity index (χ4n) is 3.24. The summed E-state index contributed by atoms with van der Waals surface area (Å²) in [5.74, 6) is 0.417. The van der Waals surface area contributed by atoms with Crippen molar-refractivity contribution >= 4 is 11.8 Å². The zero-order valence-electron chi connectivity index (χ0n) is 15.2. The lowest BCUT2D eigenvalue weighted by Crippen LogP contribution is -2.48. The van der Waals surface area contributed by atoms with Gasteiger partial charge in [0.1, 0.15) is 11.8 Å². The summed E-state index contributed by atoms with van der Waals surface area (Å²) in [4.78, 5) is 26.7. The van der Waals surface area contributed by atoms with Crippen LogP contribution in [0.3, 0.4) is 0 Å². The Morgan fingerprint density at radius 3 is 2.38 bits per heavy atom. The molecule has 2 aromatic rings. The molecule has 0 spiro atoms. The molecule has 1 aromatic carbocycles. The van der Waals surface area contributed by atoms with E-state index >= 15 is 0 Å². The van der Waals surface area contributed by atoms with Gasteiger partial charge in [0.05, 0.1) is 11.8 Å². The topological polar surface area (TPSA) is 88.6 Å². The van der Waals surface area contributed by atoms with Crippen molar-refractivity contribution in [1.29, 1.82) is 0 Å². The molecule has 1 unspecified atom stereocenters. The van der Waals surface area contributed by atoms with E-state index in [1.807, 2.05) is 31.2 Å². The fraction of sp³-hybridized carbons (Fsp3) is 0.400. The summed E-state index contributed by atoms with van der Waals surface area (Å²) >= 11 is 0. The number of carbonyl (C=O) groups is 2. The molecule has 2 heterocycles. The molecule has 0 aliphatic carbocycles. The van der Waals surface area contributed by atoms with E-state index in [0.717, 1.165) is 24.0 Å². The van der Waals surface area contributed by atoms with Crippen LogP contribution >= 0.6 is 0 Å². The number of aryl methyl sites for hydroxylation is 2. The molecule has 1 fully saturated rings. The molecule has 1 aliphatic rings. The van der Waals surface area contributed by atoms with Crippen molar-refractivity contribution in [2.75, 3.05) is 13.1 Å². The minimum atomic E-state index is -0.643. The number of piperidine rings is 1. The zero-order valence-corrected chi connectivity index (χ0v) is 15.2. The summed E-state index contributed by atoms with van der Waals surface area (Å²) < 4.78 is 5.17. The fourth-order valence-corrected chi connectivity index (χ4v) is 3.24. The normalized spacial score (nSPS) is 16.3. The van der Waals surface area contributed by atoms with Gasteiger partial charge in [0.25, 0.3) is 5.91 Å². The average Bonchev–Trinajstić information content (AvgIpc) is 3.08.